The Hall–Kier alpha value is -3.73. The van der Waals surface area contributed by atoms with E-state index in [4.69, 9.17) is 0 Å². The number of aromatic nitrogens is 5. The molecule has 0 bridgehead atoms. The molecule has 2 amide bonds. The van der Waals surface area contributed by atoms with E-state index < -0.39 is 6.09 Å². The first kappa shape index (κ1) is 18.6. The van der Waals surface area contributed by atoms with Crippen molar-refractivity contribution in [2.24, 2.45) is 7.05 Å². The van der Waals surface area contributed by atoms with Gasteiger partial charge in [-0.05, 0) is 13.0 Å². The SMILES string of the molecule is COC(=O)Nc1cnc(C)c(NC(=O)c2cnn3cc(-c4cnn(C)c4)sc23)c1. The van der Waals surface area contributed by atoms with E-state index in [9.17, 15) is 9.59 Å². The van der Waals surface area contributed by atoms with Gasteiger partial charge in [0.2, 0.25) is 0 Å². The summed E-state index contributed by atoms with van der Waals surface area (Å²) in [6.45, 7) is 1.76. The molecule has 4 rings (SSSR count). The first-order valence-corrected chi connectivity index (χ1v) is 9.35. The normalized spacial score (nSPS) is 10.9. The molecule has 4 heterocycles. The summed E-state index contributed by atoms with van der Waals surface area (Å²) < 4.78 is 7.96. The quantitative estimate of drug-likeness (QED) is 0.533. The van der Waals surface area contributed by atoms with E-state index in [0.29, 0.717) is 22.6 Å². The van der Waals surface area contributed by atoms with Crippen molar-refractivity contribution >= 4 is 39.5 Å². The number of thiazole rings is 1. The first-order chi connectivity index (χ1) is 13.9. The van der Waals surface area contributed by atoms with Crippen LogP contribution in [0.15, 0.2) is 37.1 Å². The van der Waals surface area contributed by atoms with Crippen LogP contribution in [0.4, 0.5) is 16.2 Å². The first-order valence-electron chi connectivity index (χ1n) is 8.54. The molecule has 4 aromatic rings. The van der Waals surface area contributed by atoms with Crippen molar-refractivity contribution in [2.75, 3.05) is 17.7 Å². The number of fused-ring (bicyclic) bond motifs is 1. The van der Waals surface area contributed by atoms with E-state index in [-0.39, 0.29) is 5.91 Å². The molecule has 29 heavy (non-hydrogen) atoms. The Morgan fingerprint density at radius 1 is 1.14 bits per heavy atom. The van der Waals surface area contributed by atoms with Crippen molar-refractivity contribution in [3.05, 3.63) is 48.3 Å². The van der Waals surface area contributed by atoms with E-state index in [1.54, 1.807) is 28.4 Å². The topological polar surface area (TPSA) is 115 Å². The summed E-state index contributed by atoms with van der Waals surface area (Å²) >= 11 is 1.45. The van der Waals surface area contributed by atoms with Gasteiger partial charge >= 0.3 is 6.09 Å². The van der Waals surface area contributed by atoms with Gasteiger partial charge in [0.25, 0.3) is 5.91 Å². The monoisotopic (exact) mass is 411 g/mol. The number of carbonyl (C=O) groups is 2. The van der Waals surface area contributed by atoms with Gasteiger partial charge in [0.1, 0.15) is 4.83 Å². The maximum Gasteiger partial charge on any atom is 0.411 e. The molecular formula is C18H17N7O3S. The molecule has 0 saturated heterocycles. The second kappa shape index (κ2) is 7.36. The number of aryl methyl sites for hydroxylation is 2. The average molecular weight is 411 g/mol. The van der Waals surface area contributed by atoms with Gasteiger partial charge in [-0.1, -0.05) is 0 Å². The molecule has 0 aromatic carbocycles. The lowest BCUT2D eigenvalue weighted by Crippen LogP contribution is -2.15. The van der Waals surface area contributed by atoms with E-state index >= 15 is 0 Å². The van der Waals surface area contributed by atoms with Gasteiger partial charge < -0.3 is 10.1 Å². The minimum atomic E-state index is -0.618. The zero-order chi connectivity index (χ0) is 20.5. The number of rotatable bonds is 4. The number of pyridine rings is 1. The summed E-state index contributed by atoms with van der Waals surface area (Å²) in [4.78, 5) is 30.1. The zero-order valence-electron chi connectivity index (χ0n) is 15.8. The van der Waals surface area contributed by atoms with Crippen LogP contribution in [0.25, 0.3) is 15.3 Å². The summed E-state index contributed by atoms with van der Waals surface area (Å²) in [6, 6.07) is 1.62. The standard InChI is InChI=1S/C18H17N7O3S/c1-10-14(4-12(6-19-10)22-18(27)28-3)23-16(26)13-7-21-25-9-15(29-17(13)25)11-5-20-24(2)8-11/h4-9H,1-3H3,(H,22,27)(H,23,26). The van der Waals surface area contributed by atoms with Crippen LogP contribution >= 0.6 is 11.3 Å². The second-order valence-electron chi connectivity index (χ2n) is 6.23. The fraction of sp³-hybridized carbons (Fsp3) is 0.167. The molecule has 0 atom stereocenters. The Balaban J connectivity index is 1.60. The summed E-state index contributed by atoms with van der Waals surface area (Å²) in [6.07, 6.45) is 7.92. The van der Waals surface area contributed by atoms with Crippen LogP contribution in [-0.2, 0) is 11.8 Å². The van der Waals surface area contributed by atoms with Gasteiger partial charge in [0.15, 0.2) is 0 Å². The molecule has 11 heteroatoms. The molecule has 0 unspecified atom stereocenters. The lowest BCUT2D eigenvalue weighted by atomic mass is 10.2. The molecule has 0 saturated carbocycles. The van der Waals surface area contributed by atoms with E-state index in [1.165, 1.54) is 30.8 Å². The highest BCUT2D eigenvalue weighted by molar-refractivity contribution is 7.21. The summed E-state index contributed by atoms with van der Waals surface area (Å²) in [5, 5.41) is 13.8. The maximum absolute atomic E-state index is 12.9. The number of nitrogens with one attached hydrogen (secondary N) is 2. The van der Waals surface area contributed by atoms with E-state index in [2.05, 4.69) is 30.6 Å². The molecule has 0 spiro atoms. The average Bonchev–Trinajstić information content (AvgIpc) is 3.39. The maximum atomic E-state index is 12.9. The van der Waals surface area contributed by atoms with Crippen LogP contribution < -0.4 is 10.6 Å². The Kier molecular flexibility index (Phi) is 4.72. The van der Waals surface area contributed by atoms with Gasteiger partial charge in [-0.15, -0.1) is 11.3 Å². The van der Waals surface area contributed by atoms with Crippen molar-refractivity contribution in [2.45, 2.75) is 6.92 Å². The van der Waals surface area contributed by atoms with E-state index in [1.807, 2.05) is 19.4 Å². The number of carbonyl (C=O) groups excluding carboxylic acids is 2. The predicted molar refractivity (Wildman–Crippen MR) is 108 cm³/mol. The van der Waals surface area contributed by atoms with Gasteiger partial charge in [0.05, 0.1) is 53.2 Å². The Morgan fingerprint density at radius 2 is 1.97 bits per heavy atom. The van der Waals surface area contributed by atoms with Crippen LogP contribution in [0, 0.1) is 6.92 Å². The minimum Gasteiger partial charge on any atom is -0.453 e. The molecule has 0 radical (unpaired) electrons. The van der Waals surface area contributed by atoms with Crippen LogP contribution in [0.3, 0.4) is 0 Å². The predicted octanol–water partition coefficient (Wildman–Crippen LogP) is 2.93. The summed E-state index contributed by atoms with van der Waals surface area (Å²) in [5.41, 5.74) is 2.89. The second-order valence-corrected chi connectivity index (χ2v) is 7.26. The number of anilines is 2. The van der Waals surface area contributed by atoms with Gasteiger partial charge in [-0.3, -0.25) is 19.8 Å². The van der Waals surface area contributed by atoms with Crippen LogP contribution in [0.1, 0.15) is 16.1 Å². The van der Waals surface area contributed by atoms with Crippen molar-refractivity contribution in [3.63, 3.8) is 0 Å². The minimum absolute atomic E-state index is 0.320. The van der Waals surface area contributed by atoms with Crippen LogP contribution in [-0.4, -0.2) is 43.5 Å². The fourth-order valence-corrected chi connectivity index (χ4v) is 3.74. The van der Waals surface area contributed by atoms with Gasteiger partial charge in [0, 0.05) is 25.0 Å². The molecule has 148 valence electrons. The molecule has 10 nitrogen and oxygen atoms in total. The highest BCUT2D eigenvalue weighted by Crippen LogP contribution is 2.30. The number of ether oxygens (including phenoxy) is 1. The van der Waals surface area contributed by atoms with E-state index in [0.717, 1.165) is 15.3 Å². The van der Waals surface area contributed by atoms with Crippen molar-refractivity contribution in [1.29, 1.82) is 0 Å². The largest absolute Gasteiger partial charge is 0.453 e. The molecule has 4 aromatic heterocycles. The Morgan fingerprint density at radius 3 is 2.69 bits per heavy atom. The van der Waals surface area contributed by atoms with Crippen LogP contribution in [0.5, 0.6) is 0 Å². The van der Waals surface area contributed by atoms with Crippen molar-refractivity contribution in [1.82, 2.24) is 24.4 Å². The number of hydrogen-bond acceptors (Lipinski definition) is 7. The molecule has 2 N–H and O–H groups in total. The number of hydrogen-bond donors (Lipinski definition) is 2. The molecule has 0 aliphatic carbocycles. The molecule has 0 aliphatic rings. The van der Waals surface area contributed by atoms with Gasteiger partial charge in [-0.25, -0.2) is 9.31 Å². The Labute approximate surface area is 169 Å². The molecular weight excluding hydrogens is 394 g/mol. The van der Waals surface area contributed by atoms with Crippen molar-refractivity contribution < 1.29 is 14.3 Å². The van der Waals surface area contributed by atoms with Crippen LogP contribution in [0.2, 0.25) is 0 Å². The summed E-state index contributed by atoms with van der Waals surface area (Å²) in [5.74, 6) is -0.320. The fourth-order valence-electron chi connectivity index (χ4n) is 2.71. The van der Waals surface area contributed by atoms with Crippen molar-refractivity contribution in [3.8, 4) is 10.4 Å². The Bertz CT molecular complexity index is 1220. The highest BCUT2D eigenvalue weighted by atomic mass is 32.1. The highest BCUT2D eigenvalue weighted by Gasteiger charge is 2.18. The molecule has 0 fully saturated rings. The summed E-state index contributed by atoms with van der Waals surface area (Å²) in [7, 11) is 3.12. The third-order valence-corrected chi connectivity index (χ3v) is 5.36. The third-order valence-electron chi connectivity index (χ3n) is 4.20. The lowest BCUT2D eigenvalue weighted by molar-refractivity contribution is 0.102. The smallest absolute Gasteiger partial charge is 0.411 e. The van der Waals surface area contributed by atoms with Gasteiger partial charge in [-0.2, -0.15) is 10.2 Å². The zero-order valence-corrected chi connectivity index (χ0v) is 16.6. The lowest BCUT2D eigenvalue weighted by Gasteiger charge is -2.09. The molecule has 0 aliphatic heterocycles. The number of nitrogens with zero attached hydrogens (tertiary/aromatic N) is 5. The number of methoxy groups -OCH3 is 1. The third kappa shape index (κ3) is 3.67. The number of amides is 2.